The van der Waals surface area contributed by atoms with Crippen molar-refractivity contribution in [3.63, 3.8) is 0 Å². The van der Waals surface area contributed by atoms with E-state index in [-0.39, 0.29) is 6.42 Å². The number of hydrogen-bond donors (Lipinski definition) is 4. The Hall–Kier alpha value is -0.910. The maximum Gasteiger partial charge on any atom is 0.303 e. The summed E-state index contributed by atoms with van der Waals surface area (Å²) in [5.41, 5.74) is 0. The fraction of sp³-hybridized carbons (Fsp3) is 0.833. The van der Waals surface area contributed by atoms with E-state index >= 15 is 0 Å². The van der Waals surface area contributed by atoms with Gasteiger partial charge in [0.1, 0.15) is 0 Å². The number of aliphatic carboxylic acids is 1. The van der Waals surface area contributed by atoms with E-state index in [1.807, 2.05) is 0 Å². The van der Waals surface area contributed by atoms with Crippen molar-refractivity contribution in [2.45, 2.75) is 95.9 Å². The Morgan fingerprint density at radius 1 is 0.870 bits per heavy atom. The number of hydrogen-bond acceptors (Lipinski definition) is 4. The second-order valence-electron chi connectivity index (χ2n) is 6.21. The topological polar surface area (TPSA) is 98.0 Å². The van der Waals surface area contributed by atoms with Crippen molar-refractivity contribution in [3.8, 4) is 0 Å². The fourth-order valence-corrected chi connectivity index (χ4v) is 2.40. The van der Waals surface area contributed by atoms with Crippen molar-refractivity contribution in [1.82, 2.24) is 0 Å². The quantitative estimate of drug-likeness (QED) is 0.273. The molecular weight excluding hydrogens is 296 g/mol. The van der Waals surface area contributed by atoms with Crippen LogP contribution in [0.1, 0.15) is 77.6 Å². The lowest BCUT2D eigenvalue weighted by Crippen LogP contribution is -2.24. The molecule has 0 fully saturated rings. The Kier molecular flexibility index (Phi) is 14.1. The van der Waals surface area contributed by atoms with Crippen LogP contribution in [0.15, 0.2) is 12.2 Å². The zero-order valence-electron chi connectivity index (χ0n) is 14.4. The molecular formula is C18H34O5. The van der Waals surface area contributed by atoms with Gasteiger partial charge in [-0.2, -0.15) is 0 Å². The van der Waals surface area contributed by atoms with E-state index in [1.165, 1.54) is 6.08 Å². The molecule has 3 atom stereocenters. The summed E-state index contributed by atoms with van der Waals surface area (Å²) in [7, 11) is 0. The third kappa shape index (κ3) is 14.4. The Balaban J connectivity index is 3.66. The Labute approximate surface area is 140 Å². The van der Waals surface area contributed by atoms with Crippen molar-refractivity contribution >= 4 is 5.97 Å². The van der Waals surface area contributed by atoms with E-state index in [9.17, 15) is 20.1 Å². The van der Waals surface area contributed by atoms with E-state index in [2.05, 4.69) is 6.92 Å². The number of rotatable bonds is 15. The van der Waals surface area contributed by atoms with Gasteiger partial charge in [-0.15, -0.1) is 0 Å². The maximum absolute atomic E-state index is 10.3. The van der Waals surface area contributed by atoms with Gasteiger partial charge in [0.05, 0.1) is 18.3 Å². The number of aliphatic hydroxyl groups is 3. The van der Waals surface area contributed by atoms with E-state index in [1.54, 1.807) is 6.08 Å². The van der Waals surface area contributed by atoms with Crippen LogP contribution in [0, 0.1) is 0 Å². The molecule has 136 valence electrons. The fourth-order valence-electron chi connectivity index (χ4n) is 2.40. The molecule has 0 aromatic carbocycles. The van der Waals surface area contributed by atoms with Gasteiger partial charge >= 0.3 is 5.97 Å². The highest BCUT2D eigenvalue weighted by molar-refractivity contribution is 5.66. The van der Waals surface area contributed by atoms with Crippen LogP contribution in [0.3, 0.4) is 0 Å². The van der Waals surface area contributed by atoms with E-state index in [4.69, 9.17) is 5.11 Å². The van der Waals surface area contributed by atoms with Crippen molar-refractivity contribution in [1.29, 1.82) is 0 Å². The first-order valence-corrected chi connectivity index (χ1v) is 8.91. The Morgan fingerprint density at radius 3 is 2.13 bits per heavy atom. The van der Waals surface area contributed by atoms with Crippen molar-refractivity contribution < 1.29 is 25.2 Å². The summed E-state index contributed by atoms with van der Waals surface area (Å²) >= 11 is 0. The molecule has 0 radical (unpaired) electrons. The monoisotopic (exact) mass is 330 g/mol. The van der Waals surface area contributed by atoms with Gasteiger partial charge in [-0.1, -0.05) is 64.0 Å². The van der Waals surface area contributed by atoms with Crippen LogP contribution in [0.5, 0.6) is 0 Å². The first-order chi connectivity index (χ1) is 11.0. The molecule has 5 nitrogen and oxygen atoms in total. The van der Waals surface area contributed by atoms with Crippen LogP contribution in [-0.4, -0.2) is 44.7 Å². The number of aliphatic hydroxyl groups excluding tert-OH is 3. The lowest BCUT2D eigenvalue weighted by atomic mass is 10.0. The Bertz CT molecular complexity index is 317. The second kappa shape index (κ2) is 14.7. The molecule has 0 bridgehead atoms. The molecule has 0 aromatic heterocycles. The minimum Gasteiger partial charge on any atom is -0.481 e. The average molecular weight is 330 g/mol. The predicted octanol–water partition coefficient (Wildman–Crippen LogP) is 3.02. The van der Waals surface area contributed by atoms with E-state index in [0.717, 1.165) is 44.9 Å². The van der Waals surface area contributed by atoms with Gasteiger partial charge in [0, 0.05) is 6.42 Å². The number of carboxylic acid groups (broad SMARTS) is 1. The highest BCUT2D eigenvalue weighted by atomic mass is 16.4. The first kappa shape index (κ1) is 22.1. The van der Waals surface area contributed by atoms with Crippen LogP contribution >= 0.6 is 0 Å². The molecule has 0 aliphatic carbocycles. The largest absolute Gasteiger partial charge is 0.481 e. The lowest BCUT2D eigenvalue weighted by Gasteiger charge is -2.14. The van der Waals surface area contributed by atoms with E-state index < -0.39 is 24.3 Å². The zero-order valence-corrected chi connectivity index (χ0v) is 14.4. The minimum absolute atomic E-state index is 0.226. The number of carboxylic acids is 1. The van der Waals surface area contributed by atoms with Gasteiger partial charge in [-0.05, 0) is 19.3 Å². The van der Waals surface area contributed by atoms with Gasteiger partial charge in [-0.25, -0.2) is 0 Å². The van der Waals surface area contributed by atoms with Gasteiger partial charge in [-0.3, -0.25) is 4.79 Å². The molecule has 3 unspecified atom stereocenters. The van der Waals surface area contributed by atoms with Crippen molar-refractivity contribution in [2.75, 3.05) is 0 Å². The summed E-state index contributed by atoms with van der Waals surface area (Å²) in [6, 6.07) is 0. The first-order valence-electron chi connectivity index (χ1n) is 8.91. The maximum atomic E-state index is 10.3. The summed E-state index contributed by atoms with van der Waals surface area (Å²) in [5, 5.41) is 37.9. The van der Waals surface area contributed by atoms with Gasteiger partial charge in [0.25, 0.3) is 0 Å². The summed E-state index contributed by atoms with van der Waals surface area (Å²) in [5.74, 6) is -0.749. The van der Waals surface area contributed by atoms with Gasteiger partial charge < -0.3 is 20.4 Å². The molecule has 0 saturated heterocycles. The molecule has 0 aliphatic rings. The molecule has 4 N–H and O–H groups in total. The molecule has 0 saturated carbocycles. The molecule has 0 spiro atoms. The highest BCUT2D eigenvalue weighted by Crippen LogP contribution is 2.11. The third-order valence-corrected chi connectivity index (χ3v) is 3.92. The molecule has 0 aromatic rings. The zero-order chi connectivity index (χ0) is 17.5. The Morgan fingerprint density at radius 2 is 1.48 bits per heavy atom. The minimum atomic E-state index is -0.919. The smallest absolute Gasteiger partial charge is 0.303 e. The summed E-state index contributed by atoms with van der Waals surface area (Å²) in [6.07, 6.45) is 9.60. The standard InChI is InChI=1S/C18H34O5/c1-2-3-7-11-16(20)17(21)14-13-15(19)10-8-5-4-6-9-12-18(22)23/h13-17,19-21H,2-12H2,1H3,(H,22,23)/b14-13+. The predicted molar refractivity (Wildman–Crippen MR) is 91.3 cm³/mol. The van der Waals surface area contributed by atoms with Crippen LogP contribution in [0.4, 0.5) is 0 Å². The second-order valence-corrected chi connectivity index (χ2v) is 6.21. The molecule has 0 aliphatic heterocycles. The van der Waals surface area contributed by atoms with Gasteiger partial charge in [0.2, 0.25) is 0 Å². The third-order valence-electron chi connectivity index (χ3n) is 3.92. The lowest BCUT2D eigenvalue weighted by molar-refractivity contribution is -0.137. The number of carbonyl (C=O) groups is 1. The molecule has 0 rings (SSSR count). The SMILES string of the molecule is CCCCCC(O)C(O)/C=C/C(O)CCCCCCCC(=O)O. The van der Waals surface area contributed by atoms with Gasteiger partial charge in [0.15, 0.2) is 0 Å². The van der Waals surface area contributed by atoms with Crippen LogP contribution in [-0.2, 0) is 4.79 Å². The van der Waals surface area contributed by atoms with E-state index in [0.29, 0.717) is 19.3 Å². The molecule has 0 amide bonds. The normalized spacial score (nSPS) is 15.7. The van der Waals surface area contributed by atoms with Crippen LogP contribution in [0.2, 0.25) is 0 Å². The number of unbranched alkanes of at least 4 members (excludes halogenated alkanes) is 6. The molecule has 23 heavy (non-hydrogen) atoms. The highest BCUT2D eigenvalue weighted by Gasteiger charge is 2.12. The van der Waals surface area contributed by atoms with Crippen LogP contribution < -0.4 is 0 Å². The molecule has 0 heterocycles. The molecule has 5 heteroatoms. The summed E-state index contributed by atoms with van der Waals surface area (Å²) < 4.78 is 0. The average Bonchev–Trinajstić information content (AvgIpc) is 2.51. The van der Waals surface area contributed by atoms with Crippen LogP contribution in [0.25, 0.3) is 0 Å². The van der Waals surface area contributed by atoms with Crippen molar-refractivity contribution in [2.24, 2.45) is 0 Å². The summed E-state index contributed by atoms with van der Waals surface area (Å²) in [6.45, 7) is 2.09. The summed E-state index contributed by atoms with van der Waals surface area (Å²) in [4.78, 5) is 10.3. The van der Waals surface area contributed by atoms with Crippen molar-refractivity contribution in [3.05, 3.63) is 12.2 Å².